The lowest BCUT2D eigenvalue weighted by atomic mass is 10.3. The first kappa shape index (κ1) is 16.2. The van der Waals surface area contributed by atoms with Gasteiger partial charge >= 0.3 is 0 Å². The third-order valence-electron chi connectivity index (χ3n) is 2.53. The van der Waals surface area contributed by atoms with Crippen LogP contribution in [-0.2, 0) is 10.0 Å². The Morgan fingerprint density at radius 2 is 1.86 bits per heavy atom. The van der Waals surface area contributed by atoms with Crippen LogP contribution in [0.3, 0.4) is 0 Å². The normalized spacial score (nSPS) is 11.4. The van der Waals surface area contributed by atoms with E-state index >= 15 is 0 Å². The average molecular weight is 365 g/mol. The van der Waals surface area contributed by atoms with Gasteiger partial charge in [0.1, 0.15) is 4.90 Å². The van der Waals surface area contributed by atoms with E-state index in [1.54, 1.807) is 13.0 Å². The van der Waals surface area contributed by atoms with E-state index in [1.165, 1.54) is 19.1 Å². The number of halogens is 2. The third-order valence-corrected chi connectivity index (χ3v) is 6.12. The lowest BCUT2D eigenvalue weighted by Gasteiger charge is -2.08. The van der Waals surface area contributed by atoms with Crippen molar-refractivity contribution >= 4 is 55.5 Å². The summed E-state index contributed by atoms with van der Waals surface area (Å²) in [6, 6.07) is 4.40. The molecule has 2 aromatic rings. The summed E-state index contributed by atoms with van der Waals surface area (Å²) in [5, 5.41) is 0.110. The highest BCUT2D eigenvalue weighted by Crippen LogP contribution is 2.32. The molecule has 0 aliphatic rings. The van der Waals surface area contributed by atoms with Gasteiger partial charge in [0.25, 0.3) is 10.0 Å². The van der Waals surface area contributed by atoms with Crippen LogP contribution in [0.15, 0.2) is 23.1 Å². The molecule has 0 aliphatic heterocycles. The highest BCUT2D eigenvalue weighted by Gasteiger charge is 2.23. The quantitative estimate of drug-likeness (QED) is 0.837. The summed E-state index contributed by atoms with van der Waals surface area (Å²) in [5.41, 5.74) is 0.468. The van der Waals surface area contributed by atoms with Crippen LogP contribution in [0.2, 0.25) is 10.0 Å². The zero-order valence-electron chi connectivity index (χ0n) is 11.0. The molecule has 0 bridgehead atoms. The first-order chi connectivity index (χ1) is 9.72. The Balaban J connectivity index is 2.43. The predicted molar refractivity (Wildman–Crippen MR) is 84.1 cm³/mol. The first-order valence-electron chi connectivity index (χ1n) is 5.67. The molecule has 0 unspecified atom stereocenters. The number of nitrogens with zero attached hydrogens (tertiary/aromatic N) is 1. The number of ketones is 1. The first-order valence-corrected chi connectivity index (χ1v) is 8.73. The Morgan fingerprint density at radius 1 is 1.29 bits per heavy atom. The number of Topliss-reactive ketones (excluding diaryl/α,β-unsaturated/α-hetero) is 1. The number of hydrogen-bond donors (Lipinski definition) is 1. The van der Waals surface area contributed by atoms with Crippen LogP contribution in [0.4, 0.5) is 5.13 Å². The van der Waals surface area contributed by atoms with Crippen molar-refractivity contribution in [2.75, 3.05) is 4.72 Å². The summed E-state index contributed by atoms with van der Waals surface area (Å²) in [7, 11) is -3.98. The fourth-order valence-corrected chi connectivity index (χ4v) is 4.91. The molecule has 0 spiro atoms. The molecule has 0 atom stereocenters. The number of anilines is 1. The van der Waals surface area contributed by atoms with Gasteiger partial charge in [-0.1, -0.05) is 40.6 Å². The van der Waals surface area contributed by atoms with E-state index in [9.17, 15) is 13.2 Å². The smallest absolute Gasteiger partial charge is 0.266 e. The van der Waals surface area contributed by atoms with Gasteiger partial charge in [0, 0.05) is 6.92 Å². The van der Waals surface area contributed by atoms with Gasteiger partial charge < -0.3 is 0 Å². The highest BCUT2D eigenvalue weighted by molar-refractivity contribution is 7.93. The van der Waals surface area contributed by atoms with Gasteiger partial charge in [0.2, 0.25) is 0 Å². The number of carbonyl (C=O) groups is 1. The fourth-order valence-electron chi connectivity index (χ4n) is 1.67. The maximum atomic E-state index is 12.3. The lowest BCUT2D eigenvalue weighted by Crippen LogP contribution is -2.13. The van der Waals surface area contributed by atoms with Crippen LogP contribution in [0.1, 0.15) is 22.3 Å². The van der Waals surface area contributed by atoms with Gasteiger partial charge in [-0.05, 0) is 19.1 Å². The van der Waals surface area contributed by atoms with Crippen LogP contribution in [0.5, 0.6) is 0 Å². The lowest BCUT2D eigenvalue weighted by molar-refractivity contribution is 0.102. The summed E-state index contributed by atoms with van der Waals surface area (Å²) >= 11 is 12.7. The van der Waals surface area contributed by atoms with E-state index in [-0.39, 0.29) is 25.9 Å². The zero-order valence-corrected chi connectivity index (χ0v) is 14.1. The largest absolute Gasteiger partial charge is 0.294 e. The summed E-state index contributed by atoms with van der Waals surface area (Å²) in [6.45, 7) is 3.03. The Hall–Kier alpha value is -1.15. The van der Waals surface area contributed by atoms with Gasteiger partial charge in [-0.2, -0.15) is 0 Å². The van der Waals surface area contributed by atoms with Crippen molar-refractivity contribution in [3.63, 3.8) is 0 Å². The van der Waals surface area contributed by atoms with E-state index < -0.39 is 10.0 Å². The monoisotopic (exact) mass is 364 g/mol. The van der Waals surface area contributed by atoms with Crippen LogP contribution >= 0.6 is 34.5 Å². The summed E-state index contributed by atoms with van der Waals surface area (Å²) in [4.78, 5) is 15.6. The third kappa shape index (κ3) is 3.37. The van der Waals surface area contributed by atoms with E-state index in [0.717, 1.165) is 11.3 Å². The van der Waals surface area contributed by atoms with Gasteiger partial charge in [0.05, 0.1) is 20.6 Å². The number of nitrogens with one attached hydrogen (secondary N) is 1. The summed E-state index contributed by atoms with van der Waals surface area (Å²) in [5.74, 6) is -0.175. The molecule has 1 heterocycles. The summed E-state index contributed by atoms with van der Waals surface area (Å²) in [6.07, 6.45) is 0. The molecule has 1 aromatic carbocycles. The maximum Gasteiger partial charge on any atom is 0.266 e. The number of sulfonamides is 1. The molecule has 0 fully saturated rings. The molecule has 0 saturated carbocycles. The minimum atomic E-state index is -3.98. The molecule has 0 amide bonds. The van der Waals surface area contributed by atoms with Crippen LogP contribution in [0, 0.1) is 6.92 Å². The molecule has 0 radical (unpaired) electrons. The van der Waals surface area contributed by atoms with Crippen LogP contribution < -0.4 is 4.72 Å². The Bertz CT molecular complexity index is 796. The van der Waals surface area contributed by atoms with Crippen LogP contribution in [-0.4, -0.2) is 19.2 Å². The van der Waals surface area contributed by atoms with E-state index in [4.69, 9.17) is 23.2 Å². The molecule has 0 saturated heterocycles. The van der Waals surface area contributed by atoms with Crippen LogP contribution in [0.25, 0.3) is 0 Å². The molecule has 0 aliphatic carbocycles. The van der Waals surface area contributed by atoms with E-state index in [0.29, 0.717) is 10.6 Å². The average Bonchev–Trinajstić information content (AvgIpc) is 2.68. The number of aromatic nitrogens is 1. The number of benzene rings is 1. The van der Waals surface area contributed by atoms with Gasteiger partial charge in [-0.3, -0.25) is 9.52 Å². The topological polar surface area (TPSA) is 76.1 Å². The fraction of sp³-hybridized carbons (Fsp3) is 0.167. The van der Waals surface area contributed by atoms with Crippen molar-refractivity contribution < 1.29 is 13.2 Å². The molecule has 112 valence electrons. The second-order valence-corrected chi connectivity index (χ2v) is 7.58. The minimum absolute atomic E-state index is 0.00932. The van der Waals surface area contributed by atoms with Gasteiger partial charge in [-0.15, -0.1) is 0 Å². The van der Waals surface area contributed by atoms with Crippen molar-refractivity contribution in [1.29, 1.82) is 0 Å². The van der Waals surface area contributed by atoms with E-state index in [2.05, 4.69) is 9.71 Å². The van der Waals surface area contributed by atoms with Crippen molar-refractivity contribution in [2.45, 2.75) is 18.7 Å². The Kier molecular flexibility index (Phi) is 4.57. The Morgan fingerprint density at radius 3 is 2.33 bits per heavy atom. The molecular formula is C12H10Cl2N2O3S2. The molecule has 1 aromatic heterocycles. The zero-order chi connectivity index (χ0) is 15.8. The number of carbonyl (C=O) groups excluding carboxylic acids is 1. The number of thiazole rings is 1. The standard InChI is InChI=1S/C12H10Cl2N2O3S2/c1-6-10(7(2)17)20-12(15-6)16-21(18,19)11-8(13)4-3-5-9(11)14/h3-5H,1-2H3,(H,15,16). The van der Waals surface area contributed by atoms with E-state index in [1.807, 2.05) is 0 Å². The predicted octanol–water partition coefficient (Wildman–Crippen LogP) is 3.76. The van der Waals surface area contributed by atoms with Crippen molar-refractivity contribution in [3.05, 3.63) is 38.8 Å². The second-order valence-electron chi connectivity index (χ2n) is 4.15. The molecule has 5 nitrogen and oxygen atoms in total. The maximum absolute atomic E-state index is 12.3. The molecule has 1 N–H and O–H groups in total. The van der Waals surface area contributed by atoms with Crippen molar-refractivity contribution in [1.82, 2.24) is 4.98 Å². The molecule has 2 rings (SSSR count). The number of aryl methyl sites for hydroxylation is 1. The van der Waals surface area contributed by atoms with Gasteiger partial charge in [-0.25, -0.2) is 13.4 Å². The van der Waals surface area contributed by atoms with Crippen molar-refractivity contribution in [3.8, 4) is 0 Å². The molecular weight excluding hydrogens is 355 g/mol. The Labute approximate surface area is 136 Å². The molecule has 9 heteroatoms. The molecule has 21 heavy (non-hydrogen) atoms. The second kappa shape index (κ2) is 5.92. The minimum Gasteiger partial charge on any atom is -0.294 e. The van der Waals surface area contributed by atoms with Gasteiger partial charge in [0.15, 0.2) is 10.9 Å². The number of rotatable bonds is 4. The highest BCUT2D eigenvalue weighted by atomic mass is 35.5. The van der Waals surface area contributed by atoms with Crippen molar-refractivity contribution in [2.24, 2.45) is 0 Å². The number of hydrogen-bond acceptors (Lipinski definition) is 5. The SMILES string of the molecule is CC(=O)c1sc(NS(=O)(=O)c2c(Cl)cccc2Cl)nc1C. The summed E-state index contributed by atoms with van der Waals surface area (Å²) < 4.78 is 27.0.